The lowest BCUT2D eigenvalue weighted by Crippen LogP contribution is -1.96. The first-order chi connectivity index (χ1) is 57.5. The average molecular weight is 1480 g/mol. The van der Waals surface area contributed by atoms with Crippen LogP contribution in [-0.2, 0) is 0 Å². The van der Waals surface area contributed by atoms with Gasteiger partial charge in [0.05, 0.1) is 66.2 Å². The second-order valence-electron chi connectivity index (χ2n) is 29.9. The largest absolute Gasteiger partial charge is 0.457 e. The van der Waals surface area contributed by atoms with Gasteiger partial charge in [0.1, 0.15) is 23.0 Å². The number of ether oxygens (including phenoxy) is 2. The highest BCUT2D eigenvalue weighted by Gasteiger charge is 2.23. The molecule has 0 bridgehead atoms. The molecule has 6 heterocycles. The van der Waals surface area contributed by atoms with Gasteiger partial charge in [-0.05, 0) is 235 Å². The molecule has 0 amide bonds. The van der Waals surface area contributed by atoms with E-state index in [1.165, 1.54) is 153 Å². The minimum absolute atomic E-state index is 0.811. The first-order valence-electron chi connectivity index (χ1n) is 39.5. The maximum absolute atomic E-state index is 6.11. The third-order valence-electron chi connectivity index (χ3n) is 23.4. The van der Waals surface area contributed by atoms with Crippen LogP contribution in [0.5, 0.6) is 23.0 Å². The van der Waals surface area contributed by atoms with Gasteiger partial charge in [-0.15, -0.1) is 0 Å². The minimum Gasteiger partial charge on any atom is -0.457 e. The Hall–Kier alpha value is -15.6. The van der Waals surface area contributed by atoms with E-state index in [1.807, 2.05) is 84.9 Å². The van der Waals surface area contributed by atoms with E-state index in [-0.39, 0.29) is 0 Å². The predicted octanol–water partition coefficient (Wildman–Crippen LogP) is 28.9. The van der Waals surface area contributed by atoms with Crippen LogP contribution in [0.3, 0.4) is 0 Å². The highest BCUT2D eigenvalue weighted by molar-refractivity contribution is 6.17. The van der Waals surface area contributed by atoms with Crippen LogP contribution in [0.4, 0.5) is 0 Å². The molecule has 8 heteroatoms. The molecule has 0 unspecified atom stereocenters. The van der Waals surface area contributed by atoms with E-state index in [0.717, 1.165) is 57.1 Å². The zero-order valence-electron chi connectivity index (χ0n) is 62.9. The summed E-state index contributed by atoms with van der Waals surface area (Å²) in [5.74, 6) is 3.27. The predicted molar refractivity (Wildman–Crippen MR) is 483 cm³/mol. The van der Waals surface area contributed by atoms with E-state index in [4.69, 9.17) is 9.47 Å². The van der Waals surface area contributed by atoms with Crippen molar-refractivity contribution in [2.45, 2.75) is 0 Å². The fourth-order valence-electron chi connectivity index (χ4n) is 18.2. The van der Waals surface area contributed by atoms with Gasteiger partial charge in [-0.2, -0.15) is 0 Å². The first-order valence-corrected chi connectivity index (χ1v) is 39.5. The van der Waals surface area contributed by atoms with Crippen LogP contribution in [-0.4, -0.2) is 27.4 Å². The molecule has 0 N–H and O–H groups in total. The molecule has 544 valence electrons. The summed E-state index contributed by atoms with van der Waals surface area (Å²) < 4.78 is 26.5. The Morgan fingerprint density at radius 1 is 0.121 bits per heavy atom. The van der Waals surface area contributed by atoms with Crippen molar-refractivity contribution in [3.8, 4) is 79.4 Å². The zero-order valence-corrected chi connectivity index (χ0v) is 62.9. The normalized spacial score (nSPS) is 11.8. The Morgan fingerprint density at radius 2 is 0.328 bits per heavy atom. The lowest BCUT2D eigenvalue weighted by molar-refractivity contribution is 0.482. The van der Waals surface area contributed by atoms with Crippen LogP contribution in [0.1, 0.15) is 0 Å². The summed E-state index contributed by atoms with van der Waals surface area (Å²) in [5, 5.41) is 14.8. The Labute approximate surface area is 667 Å². The van der Waals surface area contributed by atoms with E-state index >= 15 is 0 Å². The van der Waals surface area contributed by atoms with Crippen molar-refractivity contribution in [1.29, 1.82) is 0 Å². The minimum atomic E-state index is 0.811. The van der Waals surface area contributed by atoms with Crippen LogP contribution < -0.4 is 9.47 Å². The molecule has 0 saturated carbocycles. The Bertz CT molecular complexity index is 7980. The Kier molecular flexibility index (Phi) is 15.5. The van der Waals surface area contributed by atoms with Crippen LogP contribution in [0, 0.1) is 0 Å². The zero-order chi connectivity index (χ0) is 76.3. The third-order valence-corrected chi connectivity index (χ3v) is 23.4. The highest BCUT2D eigenvalue weighted by atomic mass is 16.5. The van der Waals surface area contributed by atoms with E-state index < -0.39 is 0 Å². The molecule has 0 radical (unpaired) electrons. The number of nitrogens with zero attached hydrogens (tertiary/aromatic N) is 6. The van der Waals surface area contributed by atoms with Gasteiger partial charge in [0.15, 0.2) is 0 Å². The van der Waals surface area contributed by atoms with Gasteiger partial charge >= 0.3 is 0 Å². The summed E-state index contributed by atoms with van der Waals surface area (Å²) in [7, 11) is 0. The van der Waals surface area contributed by atoms with E-state index in [0.29, 0.717) is 0 Å². The van der Waals surface area contributed by atoms with Crippen molar-refractivity contribution in [1.82, 2.24) is 27.4 Å². The monoisotopic (exact) mass is 1480 g/mol. The molecule has 8 nitrogen and oxygen atoms in total. The standard InChI is InChI=1S/2C54H35N3O/c1-3-13-38(14-4-1)55-50-21-11-9-19-45(50)48-35-40(27-32-54(48)55)57-51-22-12-8-18-44(51)47-34-37(24-31-53(47)57)36-23-30-52-46(33-36)43-17-7-10-20-49(43)56(52)39-25-28-42(29-26-39)58-41-15-5-2-6-16-41;1-3-13-38(14-4-1)56-49-20-10-7-17-43(49)46-30-27-40(35-54(46)56)57-51-22-12-9-19-45(51)48-34-37(24-32-53(48)57)36-23-31-52-47(33-36)44-18-8-11-21-50(44)55(52)39-25-28-42(29-26-39)58-41-15-5-2-6-16-41/h2*1-35H. The maximum atomic E-state index is 6.11. The smallest absolute Gasteiger partial charge is 0.127 e. The molecule has 0 atom stereocenters. The van der Waals surface area contributed by atoms with Gasteiger partial charge in [0.2, 0.25) is 0 Å². The Morgan fingerprint density at radius 3 is 0.664 bits per heavy atom. The first kappa shape index (κ1) is 66.2. The van der Waals surface area contributed by atoms with Gasteiger partial charge in [-0.3, -0.25) is 0 Å². The number of aromatic nitrogens is 6. The maximum Gasteiger partial charge on any atom is 0.127 e. The van der Waals surface area contributed by atoms with Crippen molar-refractivity contribution >= 4 is 131 Å². The summed E-state index contributed by atoms with van der Waals surface area (Å²) in [6.07, 6.45) is 0. The van der Waals surface area contributed by atoms with Gasteiger partial charge in [0.25, 0.3) is 0 Å². The second kappa shape index (κ2) is 27.1. The van der Waals surface area contributed by atoms with Crippen molar-refractivity contribution in [3.05, 3.63) is 425 Å². The average Bonchev–Trinajstić information content (AvgIpc) is 1.58. The number of rotatable bonds is 12. The van der Waals surface area contributed by atoms with Crippen LogP contribution >= 0.6 is 0 Å². The van der Waals surface area contributed by atoms with Crippen molar-refractivity contribution in [3.63, 3.8) is 0 Å². The molecule has 18 aromatic carbocycles. The molecule has 24 rings (SSSR count). The molecule has 0 aliphatic heterocycles. The quantitative estimate of drug-likeness (QED) is 0.122. The summed E-state index contributed by atoms with van der Waals surface area (Å²) in [4.78, 5) is 0. The summed E-state index contributed by atoms with van der Waals surface area (Å²) in [5.41, 5.74) is 25.8. The molecule has 0 aliphatic rings. The topological polar surface area (TPSA) is 48.0 Å². The van der Waals surface area contributed by atoms with Crippen molar-refractivity contribution in [2.75, 3.05) is 0 Å². The van der Waals surface area contributed by atoms with Gasteiger partial charge in [0, 0.05) is 98.8 Å². The number of hydrogen-bond acceptors (Lipinski definition) is 2. The lowest BCUT2D eigenvalue weighted by atomic mass is 10.0. The molecular weight excluding hydrogens is 1410 g/mol. The molecule has 6 aromatic heterocycles. The third kappa shape index (κ3) is 10.9. The second-order valence-corrected chi connectivity index (χ2v) is 29.9. The summed E-state index contributed by atoms with van der Waals surface area (Å²) >= 11 is 0. The van der Waals surface area contributed by atoms with Gasteiger partial charge in [-0.25, -0.2) is 0 Å². The highest BCUT2D eigenvalue weighted by Crippen LogP contribution is 2.45. The van der Waals surface area contributed by atoms with Crippen molar-refractivity contribution in [2.24, 2.45) is 0 Å². The van der Waals surface area contributed by atoms with E-state index in [9.17, 15) is 0 Å². The molecule has 0 spiro atoms. The molecule has 116 heavy (non-hydrogen) atoms. The molecular formula is C108H70N6O2. The van der Waals surface area contributed by atoms with Crippen LogP contribution in [0.2, 0.25) is 0 Å². The number of hydrogen-bond donors (Lipinski definition) is 0. The van der Waals surface area contributed by atoms with Gasteiger partial charge < -0.3 is 36.9 Å². The molecule has 0 saturated heterocycles. The number of fused-ring (bicyclic) bond motifs is 18. The summed E-state index contributed by atoms with van der Waals surface area (Å²) in [6.45, 7) is 0. The van der Waals surface area contributed by atoms with Gasteiger partial charge in [-0.1, -0.05) is 212 Å². The number of para-hydroxylation sites is 10. The fourth-order valence-corrected chi connectivity index (χ4v) is 18.2. The van der Waals surface area contributed by atoms with E-state index in [1.54, 1.807) is 0 Å². The lowest BCUT2D eigenvalue weighted by Gasteiger charge is -2.11. The summed E-state index contributed by atoms with van der Waals surface area (Å²) in [6, 6.07) is 152. The van der Waals surface area contributed by atoms with Crippen molar-refractivity contribution < 1.29 is 9.47 Å². The molecule has 0 aliphatic carbocycles. The Balaban J connectivity index is 0.000000137. The molecule has 24 aromatic rings. The molecule has 0 fully saturated rings. The van der Waals surface area contributed by atoms with Crippen LogP contribution in [0.25, 0.3) is 187 Å². The number of benzene rings is 18. The SMILES string of the molecule is c1ccc(Oc2ccc(-n3c4ccccc4c4cc(-c5ccc6c(c5)c5ccccc5n6-c5ccc6c(c5)c5ccccc5n6-c5ccccc5)ccc43)cc2)cc1.c1ccc(Oc2ccc(-n3c4ccccc4c4cc(-c5ccc6c(c5)c5ccccc5n6-c5ccc6c7ccccc7n(-c7ccccc7)c6c5)ccc43)cc2)cc1. The fraction of sp³-hybridized carbons (Fsp3) is 0. The van der Waals surface area contributed by atoms with E-state index in [2.05, 4.69) is 367 Å². The van der Waals surface area contributed by atoms with Crippen LogP contribution in [0.15, 0.2) is 425 Å².